The number of hydrogen-bond donors (Lipinski definition) is 2. The zero-order valence-electron chi connectivity index (χ0n) is 14.2. The Morgan fingerprint density at radius 1 is 1.54 bits per heavy atom. The van der Waals surface area contributed by atoms with Gasteiger partial charge in [0.25, 0.3) is 0 Å². The quantitative estimate of drug-likeness (QED) is 0.875. The molecule has 2 aromatic heterocycles. The van der Waals surface area contributed by atoms with E-state index in [1.54, 1.807) is 7.11 Å². The van der Waals surface area contributed by atoms with Crippen LogP contribution in [0.15, 0.2) is 16.5 Å². The van der Waals surface area contributed by atoms with Crippen molar-refractivity contribution < 1.29 is 13.9 Å². The van der Waals surface area contributed by atoms with Gasteiger partial charge in [-0.15, -0.1) is 0 Å². The molecule has 1 aliphatic rings. The molecular formula is C16H23N5O3. The van der Waals surface area contributed by atoms with Gasteiger partial charge < -0.3 is 19.8 Å². The Bertz CT molecular complexity index is 708. The van der Waals surface area contributed by atoms with Crippen LogP contribution >= 0.6 is 0 Å². The molecule has 0 saturated heterocycles. The van der Waals surface area contributed by atoms with Crippen LogP contribution in [0.5, 0.6) is 0 Å². The average Bonchev–Trinajstić information content (AvgIpc) is 3.14. The number of rotatable bonds is 5. The van der Waals surface area contributed by atoms with E-state index in [1.165, 1.54) is 0 Å². The van der Waals surface area contributed by atoms with Crippen LogP contribution in [0, 0.1) is 6.92 Å². The van der Waals surface area contributed by atoms with Crippen molar-refractivity contribution in [2.45, 2.75) is 51.9 Å². The lowest BCUT2D eigenvalue weighted by Crippen LogP contribution is -2.41. The number of urea groups is 1. The van der Waals surface area contributed by atoms with E-state index in [1.807, 2.05) is 30.7 Å². The molecule has 2 N–H and O–H groups in total. The minimum absolute atomic E-state index is 0.151. The summed E-state index contributed by atoms with van der Waals surface area (Å²) in [6.45, 7) is 4.95. The molecule has 0 fully saturated rings. The van der Waals surface area contributed by atoms with E-state index in [2.05, 4.69) is 20.7 Å². The van der Waals surface area contributed by atoms with Gasteiger partial charge >= 0.3 is 6.03 Å². The summed E-state index contributed by atoms with van der Waals surface area (Å²) in [5.41, 5.74) is 0. The number of fused-ring (bicyclic) bond motifs is 1. The van der Waals surface area contributed by atoms with Crippen molar-refractivity contribution in [3.8, 4) is 0 Å². The molecule has 8 heteroatoms. The molecule has 2 amide bonds. The van der Waals surface area contributed by atoms with Gasteiger partial charge in [0.1, 0.15) is 24.0 Å². The summed E-state index contributed by atoms with van der Waals surface area (Å²) < 4.78 is 12.5. The topological polar surface area (TPSA) is 94.2 Å². The third kappa shape index (κ3) is 3.59. The highest BCUT2D eigenvalue weighted by Crippen LogP contribution is 2.23. The van der Waals surface area contributed by atoms with Crippen molar-refractivity contribution in [3.63, 3.8) is 0 Å². The first-order chi connectivity index (χ1) is 11.6. The van der Waals surface area contributed by atoms with Gasteiger partial charge in [0.15, 0.2) is 5.82 Å². The first-order valence-electron chi connectivity index (χ1n) is 8.12. The van der Waals surface area contributed by atoms with E-state index in [0.29, 0.717) is 12.4 Å². The molecule has 0 saturated carbocycles. The van der Waals surface area contributed by atoms with E-state index in [9.17, 15) is 4.79 Å². The van der Waals surface area contributed by atoms with Crippen LogP contribution in [0.4, 0.5) is 4.79 Å². The third-order valence-electron chi connectivity index (χ3n) is 4.03. The lowest BCUT2D eigenvalue weighted by atomic mass is 10.1. The molecule has 8 nitrogen and oxygen atoms in total. The van der Waals surface area contributed by atoms with Crippen LogP contribution in [0.25, 0.3) is 0 Å². The number of ether oxygens (including phenoxy) is 1. The molecule has 0 radical (unpaired) electrons. The summed E-state index contributed by atoms with van der Waals surface area (Å²) in [5, 5.41) is 10.3. The molecule has 0 aromatic carbocycles. The molecule has 2 unspecified atom stereocenters. The molecule has 2 aromatic rings. The number of carbonyl (C=O) groups is 1. The molecule has 0 bridgehead atoms. The fourth-order valence-electron chi connectivity index (χ4n) is 2.88. The first kappa shape index (κ1) is 16.5. The Morgan fingerprint density at radius 2 is 2.38 bits per heavy atom. The molecule has 24 heavy (non-hydrogen) atoms. The summed E-state index contributed by atoms with van der Waals surface area (Å²) in [4.78, 5) is 16.8. The second-order valence-electron chi connectivity index (χ2n) is 6.03. The summed E-state index contributed by atoms with van der Waals surface area (Å²) in [6, 6.07) is 3.15. The standard InChI is InChI=1S/C16H23N5O3/c1-10-6-7-13(24-10)11(2)17-16(22)18-12-5-4-8-21-15(12)19-14(20-21)9-23-3/h6-7,11-12H,4-5,8-9H2,1-3H3,(H2,17,18,22). The van der Waals surface area contributed by atoms with E-state index < -0.39 is 0 Å². The van der Waals surface area contributed by atoms with Gasteiger partial charge in [-0.3, -0.25) is 0 Å². The van der Waals surface area contributed by atoms with Crippen molar-refractivity contribution in [1.29, 1.82) is 0 Å². The monoisotopic (exact) mass is 333 g/mol. The molecule has 1 aliphatic heterocycles. The zero-order valence-corrected chi connectivity index (χ0v) is 14.2. The van der Waals surface area contributed by atoms with Crippen LogP contribution in [-0.2, 0) is 17.9 Å². The van der Waals surface area contributed by atoms with Crippen molar-refractivity contribution in [2.75, 3.05) is 7.11 Å². The number of aryl methyl sites for hydroxylation is 2. The molecular weight excluding hydrogens is 310 g/mol. The SMILES string of the molecule is COCc1nc2n(n1)CCCC2NC(=O)NC(C)c1ccc(C)o1. The van der Waals surface area contributed by atoms with Crippen molar-refractivity contribution >= 4 is 6.03 Å². The Kier molecular flexibility index (Phi) is 4.84. The molecule has 130 valence electrons. The maximum absolute atomic E-state index is 12.3. The van der Waals surface area contributed by atoms with Crippen molar-refractivity contribution in [2.24, 2.45) is 0 Å². The second-order valence-corrected chi connectivity index (χ2v) is 6.03. The Labute approximate surface area is 140 Å². The number of aromatic nitrogens is 3. The van der Waals surface area contributed by atoms with E-state index in [4.69, 9.17) is 9.15 Å². The maximum Gasteiger partial charge on any atom is 0.315 e. The zero-order chi connectivity index (χ0) is 17.1. The van der Waals surface area contributed by atoms with E-state index in [-0.39, 0.29) is 18.1 Å². The molecule has 2 atom stereocenters. The number of nitrogens with zero attached hydrogens (tertiary/aromatic N) is 3. The lowest BCUT2D eigenvalue weighted by molar-refractivity contribution is 0.177. The number of hydrogen-bond acceptors (Lipinski definition) is 5. The number of amides is 2. The first-order valence-corrected chi connectivity index (χ1v) is 8.12. The van der Waals surface area contributed by atoms with Crippen molar-refractivity contribution in [1.82, 2.24) is 25.4 Å². The summed E-state index contributed by atoms with van der Waals surface area (Å²) in [7, 11) is 1.61. The van der Waals surface area contributed by atoms with E-state index in [0.717, 1.165) is 36.7 Å². The molecule has 3 heterocycles. The number of nitrogens with one attached hydrogen (secondary N) is 2. The van der Waals surface area contributed by atoms with Crippen LogP contribution in [0.1, 0.15) is 55.0 Å². The summed E-state index contributed by atoms with van der Waals surface area (Å²) in [5.74, 6) is 2.98. The fraction of sp³-hybridized carbons (Fsp3) is 0.562. The lowest BCUT2D eigenvalue weighted by Gasteiger charge is -2.24. The van der Waals surface area contributed by atoms with Gasteiger partial charge in [-0.25, -0.2) is 14.5 Å². The fourth-order valence-corrected chi connectivity index (χ4v) is 2.88. The van der Waals surface area contributed by atoms with Gasteiger partial charge in [-0.1, -0.05) is 0 Å². The largest absolute Gasteiger partial charge is 0.464 e. The van der Waals surface area contributed by atoms with Gasteiger partial charge in [0, 0.05) is 13.7 Å². The predicted molar refractivity (Wildman–Crippen MR) is 86.2 cm³/mol. The second kappa shape index (κ2) is 7.04. The highest BCUT2D eigenvalue weighted by molar-refractivity contribution is 5.74. The average molecular weight is 333 g/mol. The minimum atomic E-state index is -0.244. The van der Waals surface area contributed by atoms with E-state index >= 15 is 0 Å². The molecule has 0 aliphatic carbocycles. The maximum atomic E-state index is 12.3. The highest BCUT2D eigenvalue weighted by atomic mass is 16.5. The van der Waals surface area contributed by atoms with Crippen LogP contribution in [-0.4, -0.2) is 27.9 Å². The van der Waals surface area contributed by atoms with Crippen molar-refractivity contribution in [3.05, 3.63) is 35.3 Å². The third-order valence-corrected chi connectivity index (χ3v) is 4.03. The predicted octanol–water partition coefficient (Wildman–Crippen LogP) is 2.22. The van der Waals surface area contributed by atoms with Crippen LogP contribution in [0.2, 0.25) is 0 Å². The number of methoxy groups -OCH3 is 1. The Balaban J connectivity index is 1.63. The summed E-state index contributed by atoms with van der Waals surface area (Å²) >= 11 is 0. The van der Waals surface area contributed by atoms with Crippen LogP contribution in [0.3, 0.4) is 0 Å². The molecule has 0 spiro atoms. The number of furan rings is 1. The smallest absolute Gasteiger partial charge is 0.315 e. The van der Waals surface area contributed by atoms with Gasteiger partial charge in [0.05, 0.1) is 12.1 Å². The number of carbonyl (C=O) groups excluding carboxylic acids is 1. The Hall–Kier alpha value is -2.35. The van der Waals surface area contributed by atoms with Gasteiger partial charge in [-0.05, 0) is 38.8 Å². The Morgan fingerprint density at radius 3 is 3.08 bits per heavy atom. The van der Waals surface area contributed by atoms with Gasteiger partial charge in [0.2, 0.25) is 0 Å². The van der Waals surface area contributed by atoms with Gasteiger partial charge in [-0.2, -0.15) is 5.10 Å². The normalized spacial score (nSPS) is 18.0. The van der Waals surface area contributed by atoms with Crippen LogP contribution < -0.4 is 10.6 Å². The molecule has 3 rings (SSSR count). The highest BCUT2D eigenvalue weighted by Gasteiger charge is 2.26. The minimum Gasteiger partial charge on any atom is -0.464 e. The summed E-state index contributed by atoms with van der Waals surface area (Å²) in [6.07, 6.45) is 1.79.